The highest BCUT2D eigenvalue weighted by molar-refractivity contribution is 5.91. The van der Waals surface area contributed by atoms with Crippen molar-refractivity contribution in [2.45, 2.75) is 26.2 Å². The van der Waals surface area contributed by atoms with Crippen molar-refractivity contribution in [1.29, 1.82) is 0 Å². The number of benzene rings is 1. The van der Waals surface area contributed by atoms with E-state index >= 15 is 0 Å². The Morgan fingerprint density at radius 1 is 1.56 bits per heavy atom. The number of hydrogen-bond donors (Lipinski definition) is 3. The largest absolute Gasteiger partial charge is 0.506 e. The van der Waals surface area contributed by atoms with Crippen LogP contribution in [-0.4, -0.2) is 24.1 Å². The molecule has 1 atom stereocenters. The second-order valence-corrected chi connectivity index (χ2v) is 4.91. The van der Waals surface area contributed by atoms with Gasteiger partial charge < -0.3 is 15.7 Å². The molecule has 0 aliphatic carbocycles. The Bertz CT molecular complexity index is 426. The van der Waals surface area contributed by atoms with Gasteiger partial charge in [-0.2, -0.15) is 0 Å². The topological polar surface area (TPSA) is 61.4 Å². The summed E-state index contributed by atoms with van der Waals surface area (Å²) in [5, 5.41) is 15.9. The van der Waals surface area contributed by atoms with E-state index in [0.717, 1.165) is 25.1 Å². The Balaban J connectivity index is 2.15. The van der Waals surface area contributed by atoms with Gasteiger partial charge in [0.05, 0.1) is 5.69 Å². The fraction of sp³-hybridized carbons (Fsp3) is 0.500. The van der Waals surface area contributed by atoms with E-state index in [1.807, 2.05) is 12.1 Å². The first-order valence-electron chi connectivity index (χ1n) is 6.46. The minimum Gasteiger partial charge on any atom is -0.506 e. The molecule has 1 aliphatic rings. The molecule has 1 heterocycles. The van der Waals surface area contributed by atoms with Crippen LogP contribution in [0.4, 0.5) is 5.69 Å². The van der Waals surface area contributed by atoms with E-state index in [9.17, 15) is 9.90 Å². The van der Waals surface area contributed by atoms with E-state index in [1.54, 1.807) is 6.07 Å². The van der Waals surface area contributed by atoms with E-state index in [0.29, 0.717) is 11.6 Å². The Morgan fingerprint density at radius 3 is 3.06 bits per heavy atom. The molecule has 0 bridgehead atoms. The summed E-state index contributed by atoms with van der Waals surface area (Å²) in [6.07, 6.45) is 3.28. The van der Waals surface area contributed by atoms with Crippen LogP contribution in [0.3, 0.4) is 0 Å². The zero-order valence-corrected chi connectivity index (χ0v) is 10.7. The molecule has 4 nitrogen and oxygen atoms in total. The van der Waals surface area contributed by atoms with E-state index in [2.05, 4.69) is 10.6 Å². The highest BCUT2D eigenvalue weighted by Gasteiger charge is 2.17. The molecular formula is C14H20N2O2. The van der Waals surface area contributed by atoms with E-state index in [4.69, 9.17) is 0 Å². The summed E-state index contributed by atoms with van der Waals surface area (Å²) in [5.41, 5.74) is 1.58. The maximum atomic E-state index is 11.2. The number of carbonyl (C=O) groups excluding carboxylic acids is 1. The van der Waals surface area contributed by atoms with Crippen molar-refractivity contribution in [3.63, 3.8) is 0 Å². The van der Waals surface area contributed by atoms with Crippen LogP contribution in [0.25, 0.3) is 0 Å². The van der Waals surface area contributed by atoms with Crippen molar-refractivity contribution in [1.82, 2.24) is 5.32 Å². The van der Waals surface area contributed by atoms with Crippen LogP contribution >= 0.6 is 0 Å². The van der Waals surface area contributed by atoms with Crippen LogP contribution in [0.5, 0.6) is 5.75 Å². The third kappa shape index (κ3) is 3.23. The lowest BCUT2D eigenvalue weighted by Gasteiger charge is -2.24. The van der Waals surface area contributed by atoms with Crippen molar-refractivity contribution in [2.75, 3.05) is 18.4 Å². The fourth-order valence-electron chi connectivity index (χ4n) is 2.49. The van der Waals surface area contributed by atoms with Gasteiger partial charge in [-0.1, -0.05) is 12.1 Å². The molecule has 0 saturated carbocycles. The van der Waals surface area contributed by atoms with Crippen molar-refractivity contribution in [2.24, 2.45) is 5.92 Å². The molecular weight excluding hydrogens is 228 g/mol. The summed E-state index contributed by atoms with van der Waals surface area (Å²) in [4.78, 5) is 11.2. The number of hydrogen-bond acceptors (Lipinski definition) is 3. The van der Waals surface area contributed by atoms with E-state index < -0.39 is 0 Å². The fourth-order valence-corrected chi connectivity index (χ4v) is 2.49. The third-order valence-corrected chi connectivity index (χ3v) is 3.34. The molecule has 1 amide bonds. The second-order valence-electron chi connectivity index (χ2n) is 4.91. The van der Waals surface area contributed by atoms with Gasteiger partial charge in [0, 0.05) is 6.92 Å². The van der Waals surface area contributed by atoms with Gasteiger partial charge in [-0.15, -0.1) is 0 Å². The highest BCUT2D eigenvalue weighted by atomic mass is 16.3. The summed E-state index contributed by atoms with van der Waals surface area (Å²) in [5.74, 6) is 0.569. The first-order valence-corrected chi connectivity index (χ1v) is 6.46. The number of aromatic hydroxyl groups is 1. The van der Waals surface area contributed by atoms with Gasteiger partial charge in [-0.3, -0.25) is 4.79 Å². The number of nitrogens with one attached hydrogen (secondary N) is 2. The lowest BCUT2D eigenvalue weighted by atomic mass is 9.91. The second kappa shape index (κ2) is 5.87. The molecule has 1 unspecified atom stereocenters. The van der Waals surface area contributed by atoms with Crippen LogP contribution in [0.1, 0.15) is 25.3 Å². The number of rotatable bonds is 3. The third-order valence-electron chi connectivity index (χ3n) is 3.34. The monoisotopic (exact) mass is 248 g/mol. The summed E-state index contributed by atoms with van der Waals surface area (Å²) in [6.45, 7) is 3.56. The average Bonchev–Trinajstić information content (AvgIpc) is 2.34. The average molecular weight is 248 g/mol. The van der Waals surface area contributed by atoms with Crippen molar-refractivity contribution in [3.8, 4) is 5.75 Å². The van der Waals surface area contributed by atoms with Gasteiger partial charge in [-0.05, 0) is 49.9 Å². The van der Waals surface area contributed by atoms with Crippen molar-refractivity contribution in [3.05, 3.63) is 23.8 Å². The first kappa shape index (κ1) is 12.9. The maximum absolute atomic E-state index is 11.2. The molecule has 1 fully saturated rings. The van der Waals surface area contributed by atoms with Gasteiger partial charge >= 0.3 is 0 Å². The lowest BCUT2D eigenvalue weighted by molar-refractivity contribution is -0.114. The van der Waals surface area contributed by atoms with Crippen molar-refractivity contribution < 1.29 is 9.90 Å². The standard InChI is InChI=1S/C14H20N2O2/c1-10(17)16-14-12(5-2-6-13(14)18)8-11-4-3-7-15-9-11/h2,5-6,11,15,18H,3-4,7-9H2,1H3,(H,16,17). The summed E-state index contributed by atoms with van der Waals surface area (Å²) >= 11 is 0. The molecule has 1 aromatic carbocycles. The van der Waals surface area contributed by atoms with Crippen LogP contribution < -0.4 is 10.6 Å². The first-order chi connectivity index (χ1) is 8.66. The molecule has 2 rings (SSSR count). The molecule has 4 heteroatoms. The molecule has 0 radical (unpaired) electrons. The minimum absolute atomic E-state index is 0.145. The molecule has 0 aromatic heterocycles. The molecule has 3 N–H and O–H groups in total. The van der Waals surface area contributed by atoms with E-state index in [-0.39, 0.29) is 11.7 Å². The number of anilines is 1. The Labute approximate surface area is 107 Å². The van der Waals surface area contributed by atoms with Gasteiger partial charge in [0.1, 0.15) is 5.75 Å². The molecule has 98 valence electrons. The smallest absolute Gasteiger partial charge is 0.221 e. The number of para-hydroxylation sites is 1. The van der Waals surface area contributed by atoms with Gasteiger partial charge in [0.2, 0.25) is 5.91 Å². The molecule has 1 aromatic rings. The number of amides is 1. The Hall–Kier alpha value is -1.55. The minimum atomic E-state index is -0.153. The molecule has 18 heavy (non-hydrogen) atoms. The highest BCUT2D eigenvalue weighted by Crippen LogP contribution is 2.30. The Kier molecular flexibility index (Phi) is 4.20. The number of carbonyl (C=O) groups is 1. The van der Waals surface area contributed by atoms with Crippen LogP contribution in [0.2, 0.25) is 0 Å². The number of piperidine rings is 1. The predicted octanol–water partition coefficient (Wildman–Crippen LogP) is 1.89. The van der Waals surface area contributed by atoms with E-state index in [1.165, 1.54) is 19.8 Å². The quantitative estimate of drug-likeness (QED) is 0.716. The zero-order chi connectivity index (χ0) is 13.0. The van der Waals surface area contributed by atoms with Crippen molar-refractivity contribution >= 4 is 11.6 Å². The zero-order valence-electron chi connectivity index (χ0n) is 10.7. The lowest BCUT2D eigenvalue weighted by Crippen LogP contribution is -2.31. The molecule has 0 spiro atoms. The van der Waals surface area contributed by atoms with Crippen LogP contribution in [-0.2, 0) is 11.2 Å². The normalized spacial score (nSPS) is 19.5. The predicted molar refractivity (Wildman–Crippen MR) is 71.7 cm³/mol. The van der Waals surface area contributed by atoms with Gasteiger partial charge in [-0.25, -0.2) is 0 Å². The summed E-state index contributed by atoms with van der Waals surface area (Å²) in [6, 6.07) is 5.40. The SMILES string of the molecule is CC(=O)Nc1c(O)cccc1CC1CCCNC1. The van der Waals surface area contributed by atoms with Crippen LogP contribution in [0.15, 0.2) is 18.2 Å². The molecule has 1 aliphatic heterocycles. The Morgan fingerprint density at radius 2 is 2.39 bits per heavy atom. The number of phenols is 1. The van der Waals surface area contributed by atoms with Crippen LogP contribution in [0, 0.1) is 5.92 Å². The van der Waals surface area contributed by atoms with Gasteiger partial charge in [0.15, 0.2) is 0 Å². The summed E-state index contributed by atoms with van der Waals surface area (Å²) in [7, 11) is 0. The summed E-state index contributed by atoms with van der Waals surface area (Å²) < 4.78 is 0. The maximum Gasteiger partial charge on any atom is 0.221 e. The molecule has 1 saturated heterocycles. The number of phenolic OH excluding ortho intramolecular Hbond substituents is 1. The van der Waals surface area contributed by atoms with Gasteiger partial charge in [0.25, 0.3) is 0 Å².